The molecule has 2 rings (SSSR count). The number of benzene rings is 1. The Bertz CT molecular complexity index is 635. The van der Waals surface area contributed by atoms with E-state index in [1.165, 1.54) is 0 Å². The van der Waals surface area contributed by atoms with Crippen molar-refractivity contribution in [3.63, 3.8) is 0 Å². The highest BCUT2D eigenvalue weighted by Gasteiger charge is 2.41. The van der Waals surface area contributed by atoms with Gasteiger partial charge in [0.1, 0.15) is 11.5 Å². The van der Waals surface area contributed by atoms with E-state index in [2.05, 4.69) is 10.6 Å². The minimum atomic E-state index is -0.329. The molecule has 2 atom stereocenters. The largest absolute Gasteiger partial charge is 0.497 e. The maximum absolute atomic E-state index is 12.7. The average Bonchev–Trinajstić information content (AvgIpc) is 3.11. The fraction of sp³-hybridized carbons (Fsp3) is 0.579. The van der Waals surface area contributed by atoms with Gasteiger partial charge in [0.05, 0.1) is 20.1 Å². The fourth-order valence-corrected chi connectivity index (χ4v) is 3.32. The van der Waals surface area contributed by atoms with Crippen LogP contribution in [0.25, 0.3) is 0 Å². The van der Waals surface area contributed by atoms with E-state index >= 15 is 0 Å². The molecule has 0 bridgehead atoms. The third-order valence-corrected chi connectivity index (χ3v) is 4.66. The molecule has 1 heterocycles. The summed E-state index contributed by atoms with van der Waals surface area (Å²) in [6.45, 7) is 5.90. The molecule has 1 aliphatic rings. The standard InChI is InChI=1S/C19H29N3O4/c1-5-9-21-18(23)16-12-22(19(24)20-6-2)11-15(16)14-10-13(25-3)7-8-17(14)26-4/h7-8,10,15-16H,5-6,9,11-12H2,1-4H3,(H,20,24)(H,21,23)/t15-,16+/m0/s1. The van der Waals surface area contributed by atoms with Crippen molar-refractivity contribution in [1.82, 2.24) is 15.5 Å². The lowest BCUT2D eigenvalue weighted by Gasteiger charge is -2.21. The van der Waals surface area contributed by atoms with Crippen LogP contribution in [-0.4, -0.2) is 57.2 Å². The van der Waals surface area contributed by atoms with Crippen LogP contribution in [0.4, 0.5) is 4.79 Å². The van der Waals surface area contributed by atoms with Gasteiger partial charge in [-0.15, -0.1) is 0 Å². The van der Waals surface area contributed by atoms with Crippen LogP contribution in [0.1, 0.15) is 31.7 Å². The molecule has 1 aromatic carbocycles. The van der Waals surface area contributed by atoms with Crippen LogP contribution in [0.2, 0.25) is 0 Å². The van der Waals surface area contributed by atoms with Gasteiger partial charge in [-0.1, -0.05) is 6.92 Å². The van der Waals surface area contributed by atoms with E-state index in [0.29, 0.717) is 37.7 Å². The zero-order valence-electron chi connectivity index (χ0n) is 16.0. The average molecular weight is 363 g/mol. The number of carbonyl (C=O) groups excluding carboxylic acids is 2. The molecule has 1 aromatic rings. The maximum atomic E-state index is 12.7. The first-order valence-electron chi connectivity index (χ1n) is 9.08. The highest BCUT2D eigenvalue weighted by molar-refractivity contribution is 5.83. The number of carbonyl (C=O) groups is 2. The molecule has 0 unspecified atom stereocenters. The summed E-state index contributed by atoms with van der Waals surface area (Å²) in [7, 11) is 3.21. The number of amides is 3. The second-order valence-electron chi connectivity index (χ2n) is 6.35. The van der Waals surface area contributed by atoms with Crippen LogP contribution < -0.4 is 20.1 Å². The molecular weight excluding hydrogens is 334 g/mol. The van der Waals surface area contributed by atoms with Crippen molar-refractivity contribution in [1.29, 1.82) is 0 Å². The topological polar surface area (TPSA) is 79.9 Å². The number of urea groups is 1. The highest BCUT2D eigenvalue weighted by Crippen LogP contribution is 2.39. The Hall–Kier alpha value is -2.44. The Morgan fingerprint density at radius 2 is 1.92 bits per heavy atom. The van der Waals surface area contributed by atoms with Gasteiger partial charge in [-0.3, -0.25) is 4.79 Å². The van der Waals surface area contributed by atoms with Crippen molar-refractivity contribution in [2.24, 2.45) is 5.92 Å². The summed E-state index contributed by atoms with van der Waals surface area (Å²) in [4.78, 5) is 26.7. The number of rotatable bonds is 7. The molecule has 1 aliphatic heterocycles. The lowest BCUT2D eigenvalue weighted by molar-refractivity contribution is -0.124. The van der Waals surface area contributed by atoms with Crippen molar-refractivity contribution >= 4 is 11.9 Å². The predicted octanol–water partition coefficient (Wildman–Crippen LogP) is 1.97. The zero-order chi connectivity index (χ0) is 19.1. The first-order chi connectivity index (χ1) is 12.5. The van der Waals surface area contributed by atoms with Gasteiger partial charge in [0, 0.05) is 37.7 Å². The number of ether oxygens (including phenoxy) is 2. The van der Waals surface area contributed by atoms with Crippen LogP contribution >= 0.6 is 0 Å². The summed E-state index contributed by atoms with van der Waals surface area (Å²) in [6.07, 6.45) is 0.867. The fourth-order valence-electron chi connectivity index (χ4n) is 3.32. The lowest BCUT2D eigenvalue weighted by atomic mass is 9.87. The molecule has 2 N–H and O–H groups in total. The molecule has 7 nitrogen and oxygen atoms in total. The first kappa shape index (κ1) is 19.9. The third kappa shape index (κ3) is 4.39. The lowest BCUT2D eigenvalue weighted by Crippen LogP contribution is -2.40. The van der Waals surface area contributed by atoms with Gasteiger partial charge in [-0.2, -0.15) is 0 Å². The number of hydrogen-bond donors (Lipinski definition) is 2. The van der Waals surface area contributed by atoms with Crippen molar-refractivity contribution < 1.29 is 19.1 Å². The summed E-state index contributed by atoms with van der Waals surface area (Å²) in [5, 5.41) is 5.77. The van der Waals surface area contributed by atoms with Gasteiger partial charge in [0.25, 0.3) is 0 Å². The number of nitrogens with zero attached hydrogens (tertiary/aromatic N) is 1. The SMILES string of the molecule is CCCNC(=O)[C@@H]1CN(C(=O)NCC)C[C@H]1c1cc(OC)ccc1OC. The molecule has 0 saturated carbocycles. The van der Waals surface area contributed by atoms with E-state index in [9.17, 15) is 9.59 Å². The van der Waals surface area contributed by atoms with Crippen LogP contribution in [0.15, 0.2) is 18.2 Å². The Balaban J connectivity index is 2.34. The molecule has 0 spiro atoms. The molecular formula is C19H29N3O4. The number of methoxy groups -OCH3 is 2. The van der Waals surface area contributed by atoms with E-state index in [0.717, 1.165) is 12.0 Å². The summed E-state index contributed by atoms with van der Waals surface area (Å²) in [6, 6.07) is 5.41. The van der Waals surface area contributed by atoms with E-state index < -0.39 is 0 Å². The number of likely N-dealkylation sites (tertiary alicyclic amines) is 1. The van der Waals surface area contributed by atoms with Crippen molar-refractivity contribution in [2.45, 2.75) is 26.2 Å². The number of hydrogen-bond acceptors (Lipinski definition) is 4. The first-order valence-corrected chi connectivity index (χ1v) is 9.08. The molecule has 0 radical (unpaired) electrons. The molecule has 144 valence electrons. The Morgan fingerprint density at radius 1 is 1.15 bits per heavy atom. The summed E-state index contributed by atoms with van der Waals surface area (Å²) >= 11 is 0. The molecule has 7 heteroatoms. The Morgan fingerprint density at radius 3 is 2.54 bits per heavy atom. The van der Waals surface area contributed by atoms with Crippen LogP contribution in [0.5, 0.6) is 11.5 Å². The highest BCUT2D eigenvalue weighted by atomic mass is 16.5. The second kappa shape index (κ2) is 9.31. The van der Waals surface area contributed by atoms with Crippen molar-refractivity contribution in [3.05, 3.63) is 23.8 Å². The second-order valence-corrected chi connectivity index (χ2v) is 6.35. The minimum Gasteiger partial charge on any atom is -0.497 e. The third-order valence-electron chi connectivity index (χ3n) is 4.66. The summed E-state index contributed by atoms with van der Waals surface area (Å²) in [5.41, 5.74) is 0.885. The molecule has 1 fully saturated rings. The number of nitrogens with one attached hydrogen (secondary N) is 2. The Kier molecular flexibility index (Phi) is 7.12. The molecule has 0 aromatic heterocycles. The molecule has 26 heavy (non-hydrogen) atoms. The van der Waals surface area contributed by atoms with Gasteiger partial charge in [-0.05, 0) is 31.5 Å². The summed E-state index contributed by atoms with van der Waals surface area (Å²) in [5.74, 6) is 0.880. The predicted molar refractivity (Wildman–Crippen MR) is 99.7 cm³/mol. The van der Waals surface area contributed by atoms with Crippen molar-refractivity contribution in [2.75, 3.05) is 40.4 Å². The van der Waals surface area contributed by atoms with Gasteiger partial charge >= 0.3 is 6.03 Å². The van der Waals surface area contributed by atoms with E-state index in [1.54, 1.807) is 19.1 Å². The molecule has 1 saturated heterocycles. The van der Waals surface area contributed by atoms with Gasteiger partial charge in [0.2, 0.25) is 5.91 Å². The van der Waals surface area contributed by atoms with Crippen LogP contribution in [0, 0.1) is 5.92 Å². The van der Waals surface area contributed by atoms with E-state index in [4.69, 9.17) is 9.47 Å². The van der Waals surface area contributed by atoms with Crippen molar-refractivity contribution in [3.8, 4) is 11.5 Å². The van der Waals surface area contributed by atoms with Gasteiger partial charge in [0.15, 0.2) is 0 Å². The smallest absolute Gasteiger partial charge is 0.317 e. The van der Waals surface area contributed by atoms with E-state index in [-0.39, 0.29) is 23.8 Å². The van der Waals surface area contributed by atoms with Gasteiger partial charge in [-0.25, -0.2) is 4.79 Å². The van der Waals surface area contributed by atoms with Crippen LogP contribution in [-0.2, 0) is 4.79 Å². The molecule has 0 aliphatic carbocycles. The van der Waals surface area contributed by atoms with Crippen LogP contribution in [0.3, 0.4) is 0 Å². The molecule has 3 amide bonds. The quantitative estimate of drug-likeness (QED) is 0.776. The van der Waals surface area contributed by atoms with Gasteiger partial charge < -0.3 is 25.0 Å². The maximum Gasteiger partial charge on any atom is 0.317 e. The zero-order valence-corrected chi connectivity index (χ0v) is 16.0. The monoisotopic (exact) mass is 363 g/mol. The minimum absolute atomic E-state index is 0.0338. The Labute approximate surface area is 155 Å². The normalized spacial score (nSPS) is 19.2. The summed E-state index contributed by atoms with van der Waals surface area (Å²) < 4.78 is 10.8. The van der Waals surface area contributed by atoms with E-state index in [1.807, 2.05) is 32.0 Å².